The van der Waals surface area contributed by atoms with E-state index in [0.29, 0.717) is 19.4 Å². The molecule has 0 aliphatic heterocycles. The van der Waals surface area contributed by atoms with Gasteiger partial charge in [-0.05, 0) is 43.3 Å². The average molecular weight is 379 g/mol. The molecule has 0 fully saturated rings. The van der Waals surface area contributed by atoms with Crippen LogP contribution in [0.2, 0.25) is 0 Å². The van der Waals surface area contributed by atoms with Gasteiger partial charge in [0.2, 0.25) is 15.9 Å². The lowest BCUT2D eigenvalue weighted by Gasteiger charge is -2.06. The molecule has 0 aliphatic carbocycles. The monoisotopic (exact) mass is 378 g/mol. The van der Waals surface area contributed by atoms with Crippen LogP contribution in [0.25, 0.3) is 0 Å². The number of hydrogen-bond donors (Lipinski definition) is 2. The number of carbonyl (C=O) groups is 1. The minimum Gasteiger partial charge on any atom is -0.355 e. The zero-order chi connectivity index (χ0) is 18.1. The Balaban J connectivity index is 1.69. The molecule has 0 spiro atoms. The zero-order valence-corrected chi connectivity index (χ0v) is 15.7. The third-order valence-electron chi connectivity index (χ3n) is 3.58. The Labute approximate surface area is 153 Å². The molecule has 2 aromatic rings. The van der Waals surface area contributed by atoms with Crippen LogP contribution in [0.15, 0.2) is 64.4 Å². The number of nitrogens with one attached hydrogen (secondary N) is 2. The summed E-state index contributed by atoms with van der Waals surface area (Å²) >= 11 is 1.71. The van der Waals surface area contributed by atoms with Crippen molar-refractivity contribution in [2.45, 2.75) is 22.6 Å². The predicted molar refractivity (Wildman–Crippen MR) is 101 cm³/mol. The topological polar surface area (TPSA) is 75.3 Å². The second-order valence-corrected chi connectivity index (χ2v) is 8.42. The van der Waals surface area contributed by atoms with E-state index in [9.17, 15) is 13.2 Å². The van der Waals surface area contributed by atoms with Gasteiger partial charge in [0, 0.05) is 23.6 Å². The van der Waals surface area contributed by atoms with Crippen LogP contribution in [-0.4, -0.2) is 33.7 Å². The van der Waals surface area contributed by atoms with E-state index < -0.39 is 10.0 Å². The van der Waals surface area contributed by atoms with Gasteiger partial charge in [0.25, 0.3) is 0 Å². The van der Waals surface area contributed by atoms with E-state index in [1.54, 1.807) is 36.0 Å². The third kappa shape index (κ3) is 6.53. The molecule has 2 N–H and O–H groups in total. The third-order valence-corrected chi connectivity index (χ3v) is 6.02. The minimum absolute atomic E-state index is 0.000541. The summed E-state index contributed by atoms with van der Waals surface area (Å²) in [6.07, 6.45) is 0.964. The quantitative estimate of drug-likeness (QED) is 0.519. The number of benzene rings is 2. The number of aryl methyl sites for hydroxylation is 1. The summed E-state index contributed by atoms with van der Waals surface area (Å²) in [5, 5.41) is 2.90. The van der Waals surface area contributed by atoms with Crippen molar-refractivity contribution in [2.75, 3.05) is 19.3 Å². The molecule has 0 radical (unpaired) electrons. The van der Waals surface area contributed by atoms with Gasteiger partial charge in [-0.15, -0.1) is 11.8 Å². The van der Waals surface area contributed by atoms with Crippen LogP contribution in [0.5, 0.6) is 0 Å². The van der Waals surface area contributed by atoms with Gasteiger partial charge in [0.15, 0.2) is 0 Å². The molecule has 0 saturated carbocycles. The first-order chi connectivity index (χ1) is 12.0. The van der Waals surface area contributed by atoms with Crippen LogP contribution in [0.4, 0.5) is 0 Å². The number of thioether (sulfide) groups is 1. The predicted octanol–water partition coefficient (Wildman–Crippen LogP) is 2.44. The summed E-state index contributed by atoms with van der Waals surface area (Å²) < 4.78 is 25.6. The molecule has 0 unspecified atom stereocenters. The van der Waals surface area contributed by atoms with Gasteiger partial charge in [0.05, 0.1) is 4.90 Å². The van der Waals surface area contributed by atoms with Gasteiger partial charge < -0.3 is 5.32 Å². The van der Waals surface area contributed by atoms with Crippen molar-refractivity contribution < 1.29 is 13.2 Å². The van der Waals surface area contributed by atoms with Crippen molar-refractivity contribution in [3.63, 3.8) is 0 Å². The fourth-order valence-electron chi connectivity index (χ4n) is 2.18. The summed E-state index contributed by atoms with van der Waals surface area (Å²) in [5.41, 5.74) is 0.934. The molecule has 0 aromatic heterocycles. The van der Waals surface area contributed by atoms with E-state index in [1.807, 2.05) is 30.3 Å². The lowest BCUT2D eigenvalue weighted by atomic mass is 10.1. The van der Waals surface area contributed by atoms with Gasteiger partial charge in [-0.25, -0.2) is 13.1 Å². The van der Waals surface area contributed by atoms with Crippen molar-refractivity contribution in [1.82, 2.24) is 10.0 Å². The van der Waals surface area contributed by atoms with Gasteiger partial charge >= 0.3 is 0 Å². The number of carbonyl (C=O) groups excluding carboxylic acids is 1. The highest BCUT2D eigenvalue weighted by Crippen LogP contribution is 2.16. The molecule has 2 rings (SSSR count). The molecule has 25 heavy (non-hydrogen) atoms. The zero-order valence-electron chi connectivity index (χ0n) is 14.1. The number of sulfonamides is 1. The maximum Gasteiger partial charge on any atom is 0.240 e. The lowest BCUT2D eigenvalue weighted by Crippen LogP contribution is -2.25. The van der Waals surface area contributed by atoms with Crippen molar-refractivity contribution >= 4 is 27.7 Å². The summed E-state index contributed by atoms with van der Waals surface area (Å²) in [6.45, 7) is 0.623. The SMILES string of the molecule is CNS(=O)(=O)c1ccc(CCC(=O)NCCSc2ccccc2)cc1. The number of hydrogen-bond acceptors (Lipinski definition) is 4. The standard InChI is InChI=1S/C18H22N2O3S2/c1-19-25(22,23)17-10-7-15(8-11-17)9-12-18(21)20-13-14-24-16-5-3-2-4-6-16/h2-8,10-11,19H,9,12-14H2,1H3,(H,20,21). The van der Waals surface area contributed by atoms with Crippen molar-refractivity contribution in [1.29, 1.82) is 0 Å². The van der Waals surface area contributed by atoms with Gasteiger partial charge in [-0.3, -0.25) is 4.79 Å². The van der Waals surface area contributed by atoms with E-state index in [1.165, 1.54) is 11.9 Å². The molecule has 0 bridgehead atoms. The summed E-state index contributed by atoms with van der Waals surface area (Å²) in [6, 6.07) is 16.6. The van der Waals surface area contributed by atoms with Crippen molar-refractivity contribution in [2.24, 2.45) is 0 Å². The maximum absolute atomic E-state index is 11.9. The highest BCUT2D eigenvalue weighted by atomic mass is 32.2. The summed E-state index contributed by atoms with van der Waals surface area (Å²) in [4.78, 5) is 13.3. The Morgan fingerprint density at radius 1 is 1.04 bits per heavy atom. The summed E-state index contributed by atoms with van der Waals surface area (Å²) in [7, 11) is -2.04. The molecule has 5 nitrogen and oxygen atoms in total. The van der Waals surface area contributed by atoms with E-state index >= 15 is 0 Å². The molecule has 0 saturated heterocycles. The molecule has 2 aromatic carbocycles. The van der Waals surface area contributed by atoms with Crippen molar-refractivity contribution in [3.05, 3.63) is 60.2 Å². The highest BCUT2D eigenvalue weighted by Gasteiger charge is 2.10. The van der Waals surface area contributed by atoms with Crippen LogP contribution in [-0.2, 0) is 21.2 Å². The first kappa shape index (κ1) is 19.5. The van der Waals surface area contributed by atoms with E-state index in [-0.39, 0.29) is 10.8 Å². The highest BCUT2D eigenvalue weighted by molar-refractivity contribution is 7.99. The second-order valence-electron chi connectivity index (χ2n) is 5.36. The first-order valence-electron chi connectivity index (χ1n) is 7.98. The van der Waals surface area contributed by atoms with Crippen molar-refractivity contribution in [3.8, 4) is 0 Å². The van der Waals surface area contributed by atoms with E-state index in [2.05, 4.69) is 10.0 Å². The molecule has 7 heteroatoms. The average Bonchev–Trinajstić information content (AvgIpc) is 2.65. The van der Waals surface area contributed by atoms with Crippen LogP contribution >= 0.6 is 11.8 Å². The summed E-state index contributed by atoms with van der Waals surface area (Å²) in [5.74, 6) is 0.826. The fourth-order valence-corrected chi connectivity index (χ4v) is 3.69. The molecule has 1 amide bonds. The Hall–Kier alpha value is -1.83. The normalized spacial score (nSPS) is 11.2. The minimum atomic E-state index is -3.42. The molecule has 0 atom stereocenters. The first-order valence-corrected chi connectivity index (χ1v) is 10.4. The lowest BCUT2D eigenvalue weighted by molar-refractivity contribution is -0.120. The van der Waals surface area contributed by atoms with Crippen LogP contribution in [0.3, 0.4) is 0 Å². The Kier molecular flexibility index (Phi) is 7.49. The van der Waals surface area contributed by atoms with Crippen LogP contribution in [0, 0.1) is 0 Å². The van der Waals surface area contributed by atoms with Gasteiger partial charge in [-0.1, -0.05) is 30.3 Å². The second kappa shape index (κ2) is 9.60. The van der Waals surface area contributed by atoms with Gasteiger partial charge in [-0.2, -0.15) is 0 Å². The van der Waals surface area contributed by atoms with E-state index in [4.69, 9.17) is 0 Å². The Bertz CT molecular complexity index is 776. The molecule has 0 heterocycles. The number of amides is 1. The van der Waals surface area contributed by atoms with Crippen LogP contribution in [0.1, 0.15) is 12.0 Å². The Morgan fingerprint density at radius 3 is 2.36 bits per heavy atom. The van der Waals surface area contributed by atoms with Gasteiger partial charge in [0.1, 0.15) is 0 Å². The fraction of sp³-hybridized carbons (Fsp3) is 0.278. The largest absolute Gasteiger partial charge is 0.355 e. The molecule has 0 aliphatic rings. The molecular weight excluding hydrogens is 356 g/mol. The Morgan fingerprint density at radius 2 is 1.72 bits per heavy atom. The number of rotatable bonds is 9. The smallest absolute Gasteiger partial charge is 0.240 e. The van der Waals surface area contributed by atoms with E-state index in [0.717, 1.165) is 11.3 Å². The maximum atomic E-state index is 11.9. The molecule has 134 valence electrons. The van der Waals surface area contributed by atoms with Crippen LogP contribution < -0.4 is 10.0 Å². The molecular formula is C18H22N2O3S2.